The van der Waals surface area contributed by atoms with Gasteiger partial charge in [0.15, 0.2) is 0 Å². The molecule has 0 saturated carbocycles. The maximum atomic E-state index is 11.9. The van der Waals surface area contributed by atoms with Gasteiger partial charge in [-0.2, -0.15) is 0 Å². The fraction of sp³-hybridized carbons (Fsp3) is 0.385. The summed E-state index contributed by atoms with van der Waals surface area (Å²) >= 11 is 0. The Morgan fingerprint density at radius 2 is 2.11 bits per heavy atom. The van der Waals surface area contributed by atoms with Crippen LogP contribution in [0.2, 0.25) is 0 Å². The molecule has 1 N–H and O–H groups in total. The average molecular weight is 248 g/mol. The van der Waals surface area contributed by atoms with Crippen molar-refractivity contribution < 1.29 is 14.3 Å². The van der Waals surface area contributed by atoms with E-state index in [-0.39, 0.29) is 30.9 Å². The van der Waals surface area contributed by atoms with Crippen LogP contribution in [0.5, 0.6) is 5.75 Å². The van der Waals surface area contributed by atoms with E-state index in [1.165, 1.54) is 4.90 Å². The molecule has 1 aliphatic heterocycles. The van der Waals surface area contributed by atoms with E-state index in [1.807, 2.05) is 24.3 Å². The van der Waals surface area contributed by atoms with Crippen LogP contribution >= 0.6 is 0 Å². The van der Waals surface area contributed by atoms with Crippen LogP contribution in [-0.4, -0.2) is 36.4 Å². The molecule has 5 heteroatoms. The molecular formula is C13H16N2O3. The Labute approximate surface area is 106 Å². The second kappa shape index (κ2) is 5.18. The third-order valence-corrected chi connectivity index (χ3v) is 3.02. The van der Waals surface area contributed by atoms with Crippen LogP contribution in [0, 0.1) is 0 Å². The number of nitrogens with zero attached hydrogens (tertiary/aromatic N) is 1. The van der Waals surface area contributed by atoms with Crippen molar-refractivity contribution in [1.29, 1.82) is 0 Å². The SMILES string of the molecule is COc1ccccc1CN1C(=O)CNC(C)C1=O. The highest BCUT2D eigenvalue weighted by molar-refractivity contribution is 6.00. The molecule has 0 aliphatic carbocycles. The average Bonchev–Trinajstić information content (AvgIpc) is 2.39. The molecular weight excluding hydrogens is 232 g/mol. The van der Waals surface area contributed by atoms with Gasteiger partial charge >= 0.3 is 0 Å². The van der Waals surface area contributed by atoms with Gasteiger partial charge < -0.3 is 4.74 Å². The van der Waals surface area contributed by atoms with Crippen molar-refractivity contribution in [3.05, 3.63) is 29.8 Å². The summed E-state index contributed by atoms with van der Waals surface area (Å²) in [6.45, 7) is 2.21. The summed E-state index contributed by atoms with van der Waals surface area (Å²) in [5.41, 5.74) is 0.829. The predicted octanol–water partition coefficient (Wildman–Crippen LogP) is 0.542. The van der Waals surface area contributed by atoms with E-state index in [9.17, 15) is 9.59 Å². The number of rotatable bonds is 3. The number of nitrogens with one attached hydrogen (secondary N) is 1. The van der Waals surface area contributed by atoms with E-state index in [0.29, 0.717) is 5.75 Å². The van der Waals surface area contributed by atoms with E-state index in [4.69, 9.17) is 4.74 Å². The van der Waals surface area contributed by atoms with Crippen molar-refractivity contribution in [2.24, 2.45) is 0 Å². The maximum Gasteiger partial charge on any atom is 0.246 e. The number of para-hydroxylation sites is 1. The summed E-state index contributed by atoms with van der Waals surface area (Å²) < 4.78 is 5.22. The number of amides is 2. The molecule has 2 amide bonds. The number of hydrogen-bond acceptors (Lipinski definition) is 4. The monoisotopic (exact) mass is 248 g/mol. The summed E-state index contributed by atoms with van der Waals surface area (Å²) in [6.07, 6.45) is 0. The molecule has 1 aliphatic rings. The molecule has 1 saturated heterocycles. The Kier molecular flexibility index (Phi) is 3.62. The van der Waals surface area contributed by atoms with E-state index < -0.39 is 0 Å². The molecule has 0 aromatic heterocycles. The van der Waals surface area contributed by atoms with E-state index in [0.717, 1.165) is 5.56 Å². The van der Waals surface area contributed by atoms with Gasteiger partial charge in [-0.3, -0.25) is 19.8 Å². The third kappa shape index (κ3) is 2.36. The highest BCUT2D eigenvalue weighted by Crippen LogP contribution is 2.20. The zero-order valence-electron chi connectivity index (χ0n) is 10.5. The van der Waals surface area contributed by atoms with Gasteiger partial charge in [-0.15, -0.1) is 0 Å². The quantitative estimate of drug-likeness (QED) is 0.793. The molecule has 0 bridgehead atoms. The second-order valence-electron chi connectivity index (χ2n) is 4.23. The van der Waals surface area contributed by atoms with Crippen molar-refractivity contribution in [3.8, 4) is 5.75 Å². The molecule has 0 radical (unpaired) electrons. The van der Waals surface area contributed by atoms with Gasteiger partial charge in [0.1, 0.15) is 5.75 Å². The molecule has 1 heterocycles. The smallest absolute Gasteiger partial charge is 0.246 e. The van der Waals surface area contributed by atoms with Gasteiger partial charge in [0, 0.05) is 5.56 Å². The van der Waals surface area contributed by atoms with Gasteiger partial charge in [0.2, 0.25) is 11.8 Å². The molecule has 1 fully saturated rings. The lowest BCUT2D eigenvalue weighted by molar-refractivity contribution is -0.149. The Hall–Kier alpha value is -1.88. The molecule has 2 rings (SSSR count). The van der Waals surface area contributed by atoms with Gasteiger partial charge in [0.05, 0.1) is 26.2 Å². The highest BCUT2D eigenvalue weighted by atomic mass is 16.5. The molecule has 1 atom stereocenters. The van der Waals surface area contributed by atoms with Crippen LogP contribution in [0.3, 0.4) is 0 Å². The lowest BCUT2D eigenvalue weighted by Gasteiger charge is -2.30. The zero-order chi connectivity index (χ0) is 13.1. The van der Waals surface area contributed by atoms with Crippen LogP contribution in [0.1, 0.15) is 12.5 Å². The van der Waals surface area contributed by atoms with Crippen molar-refractivity contribution in [2.75, 3.05) is 13.7 Å². The molecule has 1 unspecified atom stereocenters. The first-order valence-electron chi connectivity index (χ1n) is 5.83. The summed E-state index contributed by atoms with van der Waals surface area (Å²) in [5, 5.41) is 2.85. The van der Waals surface area contributed by atoms with Gasteiger partial charge in [0.25, 0.3) is 0 Å². The molecule has 18 heavy (non-hydrogen) atoms. The van der Waals surface area contributed by atoms with Crippen LogP contribution in [-0.2, 0) is 16.1 Å². The molecule has 1 aromatic carbocycles. The summed E-state index contributed by atoms with van der Waals surface area (Å²) in [7, 11) is 1.57. The standard InChI is InChI=1S/C13H16N2O3/c1-9-13(17)15(12(16)7-14-9)8-10-5-3-4-6-11(10)18-2/h3-6,9,14H,7-8H2,1-2H3. The topological polar surface area (TPSA) is 58.6 Å². The predicted molar refractivity (Wildman–Crippen MR) is 66.0 cm³/mol. The fourth-order valence-corrected chi connectivity index (χ4v) is 1.95. The van der Waals surface area contributed by atoms with Gasteiger partial charge in [-0.05, 0) is 13.0 Å². The molecule has 5 nitrogen and oxygen atoms in total. The van der Waals surface area contributed by atoms with Crippen molar-refractivity contribution in [2.45, 2.75) is 19.5 Å². The Bertz CT molecular complexity index is 473. The minimum Gasteiger partial charge on any atom is -0.496 e. The maximum absolute atomic E-state index is 11.9. The summed E-state index contributed by atoms with van der Waals surface area (Å²) in [4.78, 5) is 25.0. The van der Waals surface area contributed by atoms with Crippen molar-refractivity contribution in [1.82, 2.24) is 10.2 Å². The summed E-state index contributed by atoms with van der Waals surface area (Å²) in [6, 6.07) is 7.06. The first-order chi connectivity index (χ1) is 8.63. The lowest BCUT2D eigenvalue weighted by atomic mass is 10.1. The zero-order valence-corrected chi connectivity index (χ0v) is 10.5. The fourth-order valence-electron chi connectivity index (χ4n) is 1.95. The van der Waals surface area contributed by atoms with Gasteiger partial charge in [-0.25, -0.2) is 0 Å². The van der Waals surface area contributed by atoms with E-state index >= 15 is 0 Å². The number of carbonyl (C=O) groups excluding carboxylic acids is 2. The highest BCUT2D eigenvalue weighted by Gasteiger charge is 2.31. The number of hydrogen-bond donors (Lipinski definition) is 1. The van der Waals surface area contributed by atoms with Crippen LogP contribution in [0.25, 0.3) is 0 Å². The number of piperazine rings is 1. The normalized spacial score (nSPS) is 20.1. The molecule has 0 spiro atoms. The Morgan fingerprint density at radius 3 is 2.83 bits per heavy atom. The Morgan fingerprint density at radius 1 is 1.39 bits per heavy atom. The minimum atomic E-state index is -0.322. The number of benzene rings is 1. The largest absolute Gasteiger partial charge is 0.496 e. The van der Waals surface area contributed by atoms with Gasteiger partial charge in [-0.1, -0.05) is 18.2 Å². The minimum absolute atomic E-state index is 0.196. The van der Waals surface area contributed by atoms with E-state index in [1.54, 1.807) is 14.0 Å². The molecule has 1 aromatic rings. The number of methoxy groups -OCH3 is 1. The first kappa shape index (κ1) is 12.6. The second-order valence-corrected chi connectivity index (χ2v) is 4.23. The lowest BCUT2D eigenvalue weighted by Crippen LogP contribution is -2.56. The van der Waals surface area contributed by atoms with Crippen LogP contribution in [0.15, 0.2) is 24.3 Å². The third-order valence-electron chi connectivity index (χ3n) is 3.02. The van der Waals surface area contributed by atoms with Crippen LogP contribution < -0.4 is 10.1 Å². The number of imide groups is 1. The number of ether oxygens (including phenoxy) is 1. The molecule has 96 valence electrons. The first-order valence-corrected chi connectivity index (χ1v) is 5.83. The number of carbonyl (C=O) groups is 2. The van der Waals surface area contributed by atoms with Crippen molar-refractivity contribution >= 4 is 11.8 Å². The van der Waals surface area contributed by atoms with Crippen molar-refractivity contribution in [3.63, 3.8) is 0 Å². The van der Waals surface area contributed by atoms with E-state index in [2.05, 4.69) is 5.32 Å². The van der Waals surface area contributed by atoms with Crippen LogP contribution in [0.4, 0.5) is 0 Å². The summed E-state index contributed by atoms with van der Waals surface area (Å²) in [5.74, 6) is 0.283. The Balaban J connectivity index is 2.21.